The maximum absolute atomic E-state index is 12.5. The number of halogens is 1. The number of hydrogen-bond acceptors (Lipinski definition) is 3. The van der Waals surface area contributed by atoms with E-state index in [2.05, 4.69) is 22.0 Å². The lowest BCUT2D eigenvalue weighted by Gasteiger charge is -2.12. The van der Waals surface area contributed by atoms with Gasteiger partial charge in [-0.15, -0.1) is 0 Å². The van der Waals surface area contributed by atoms with Crippen molar-refractivity contribution in [3.8, 4) is 11.8 Å². The topological polar surface area (TPSA) is 50.1 Å². The Bertz CT molecular complexity index is 719. The van der Waals surface area contributed by atoms with Crippen LogP contribution < -0.4 is 4.74 Å². The van der Waals surface area contributed by atoms with Crippen molar-refractivity contribution in [2.24, 2.45) is 0 Å². The van der Waals surface area contributed by atoms with Gasteiger partial charge in [0.05, 0.1) is 13.2 Å². The molecule has 3 nitrogen and oxygen atoms in total. The van der Waals surface area contributed by atoms with Crippen molar-refractivity contribution in [3.05, 3.63) is 63.6 Å². The summed E-state index contributed by atoms with van der Waals surface area (Å²) in [5, 5.41) is 9.39. The lowest BCUT2D eigenvalue weighted by atomic mass is 9.91. The van der Waals surface area contributed by atoms with Crippen LogP contribution in [0.25, 0.3) is 0 Å². The molecule has 0 saturated heterocycles. The van der Waals surface area contributed by atoms with Gasteiger partial charge in [0.2, 0.25) is 0 Å². The Labute approximate surface area is 132 Å². The first kappa shape index (κ1) is 15.3. The largest absolute Gasteiger partial charge is 0.496 e. The molecule has 0 amide bonds. The van der Waals surface area contributed by atoms with E-state index in [1.807, 2.05) is 19.1 Å². The molecule has 4 heteroatoms. The third-order valence-electron chi connectivity index (χ3n) is 3.27. The van der Waals surface area contributed by atoms with Gasteiger partial charge in [-0.25, -0.2) is 0 Å². The summed E-state index contributed by atoms with van der Waals surface area (Å²) < 4.78 is 6.07. The minimum absolute atomic E-state index is 0.218. The number of ether oxygens (including phenoxy) is 1. The van der Waals surface area contributed by atoms with Crippen molar-refractivity contribution >= 4 is 21.7 Å². The summed E-state index contributed by atoms with van der Waals surface area (Å²) in [5.41, 5.74) is 2.12. The summed E-state index contributed by atoms with van der Waals surface area (Å²) in [6.07, 6.45) is 0. The van der Waals surface area contributed by atoms with E-state index < -0.39 is 5.92 Å². The monoisotopic (exact) mass is 343 g/mol. The Morgan fingerprint density at radius 3 is 2.67 bits per heavy atom. The molecule has 0 aliphatic rings. The number of nitrogens with zero attached hydrogens (tertiary/aromatic N) is 1. The fourth-order valence-electron chi connectivity index (χ4n) is 2.11. The molecular formula is C17H14BrNO2. The minimum Gasteiger partial charge on any atom is -0.496 e. The standard InChI is InChI=1S/C17H14BrNO2/c1-11-6-7-12(9-16(11)21-2)15(10-19)17(20)13-4-3-5-14(18)8-13/h3-9,15H,1-2H3. The molecule has 106 valence electrons. The van der Waals surface area contributed by atoms with Crippen LogP contribution in [0.2, 0.25) is 0 Å². The number of methoxy groups -OCH3 is 1. The average Bonchev–Trinajstić information content (AvgIpc) is 2.49. The van der Waals surface area contributed by atoms with E-state index in [-0.39, 0.29) is 5.78 Å². The third-order valence-corrected chi connectivity index (χ3v) is 3.76. The smallest absolute Gasteiger partial charge is 0.184 e. The van der Waals surface area contributed by atoms with Gasteiger partial charge in [-0.1, -0.05) is 40.2 Å². The Hall–Kier alpha value is -2.12. The zero-order chi connectivity index (χ0) is 15.4. The summed E-state index contributed by atoms with van der Waals surface area (Å²) in [5.74, 6) is -0.381. The van der Waals surface area contributed by atoms with E-state index in [4.69, 9.17) is 4.74 Å². The van der Waals surface area contributed by atoms with Crippen LogP contribution in [0.15, 0.2) is 46.9 Å². The lowest BCUT2D eigenvalue weighted by Crippen LogP contribution is -2.11. The van der Waals surface area contributed by atoms with Crippen LogP contribution in [-0.2, 0) is 0 Å². The highest BCUT2D eigenvalue weighted by Gasteiger charge is 2.22. The summed E-state index contributed by atoms with van der Waals surface area (Å²) in [4.78, 5) is 12.5. The first-order chi connectivity index (χ1) is 10.1. The van der Waals surface area contributed by atoms with Crippen LogP contribution in [0.3, 0.4) is 0 Å². The number of aryl methyl sites for hydroxylation is 1. The lowest BCUT2D eigenvalue weighted by molar-refractivity contribution is 0.0979. The Balaban J connectivity index is 2.40. The van der Waals surface area contributed by atoms with E-state index in [0.29, 0.717) is 16.9 Å². The molecule has 21 heavy (non-hydrogen) atoms. The van der Waals surface area contributed by atoms with E-state index in [9.17, 15) is 10.1 Å². The van der Waals surface area contributed by atoms with Gasteiger partial charge in [-0.2, -0.15) is 5.26 Å². The second-order valence-corrected chi connectivity index (χ2v) is 5.58. The van der Waals surface area contributed by atoms with Crippen molar-refractivity contribution in [1.82, 2.24) is 0 Å². The van der Waals surface area contributed by atoms with Gasteiger partial charge in [-0.05, 0) is 36.2 Å². The highest BCUT2D eigenvalue weighted by molar-refractivity contribution is 9.10. The van der Waals surface area contributed by atoms with Crippen LogP contribution >= 0.6 is 15.9 Å². The molecule has 0 radical (unpaired) electrons. The number of carbonyl (C=O) groups is 1. The van der Waals surface area contributed by atoms with Gasteiger partial charge in [0.15, 0.2) is 5.78 Å². The summed E-state index contributed by atoms with van der Waals surface area (Å²) in [6, 6.07) is 14.5. The predicted molar refractivity (Wildman–Crippen MR) is 84.6 cm³/mol. The average molecular weight is 344 g/mol. The number of carbonyl (C=O) groups excluding carboxylic acids is 1. The molecule has 0 aliphatic carbocycles. The normalized spacial score (nSPS) is 11.5. The van der Waals surface area contributed by atoms with Crippen molar-refractivity contribution < 1.29 is 9.53 Å². The quantitative estimate of drug-likeness (QED) is 0.779. The van der Waals surface area contributed by atoms with Gasteiger partial charge in [0.1, 0.15) is 11.7 Å². The highest BCUT2D eigenvalue weighted by Crippen LogP contribution is 2.27. The first-order valence-corrected chi connectivity index (χ1v) is 7.20. The molecule has 1 atom stereocenters. The van der Waals surface area contributed by atoms with E-state index in [1.54, 1.807) is 37.4 Å². The molecule has 2 aromatic carbocycles. The summed E-state index contributed by atoms with van der Waals surface area (Å²) >= 11 is 3.33. The van der Waals surface area contributed by atoms with E-state index in [1.165, 1.54) is 0 Å². The Morgan fingerprint density at radius 1 is 1.29 bits per heavy atom. The molecule has 0 N–H and O–H groups in total. The minimum atomic E-state index is -0.839. The van der Waals surface area contributed by atoms with Crippen molar-refractivity contribution in [1.29, 1.82) is 5.26 Å². The molecule has 0 aromatic heterocycles. The maximum Gasteiger partial charge on any atom is 0.184 e. The molecule has 0 saturated carbocycles. The number of rotatable bonds is 4. The number of ketones is 1. The molecule has 1 unspecified atom stereocenters. The second-order valence-electron chi connectivity index (χ2n) is 4.67. The Kier molecular flexibility index (Phi) is 4.77. The van der Waals surface area contributed by atoms with Crippen molar-refractivity contribution in [3.63, 3.8) is 0 Å². The molecule has 0 spiro atoms. The summed E-state index contributed by atoms with van der Waals surface area (Å²) in [6.45, 7) is 1.92. The van der Waals surface area contributed by atoms with Crippen LogP contribution in [0, 0.1) is 18.3 Å². The number of Topliss-reactive ketones (excluding diaryl/α,β-unsaturated/α-hetero) is 1. The fourth-order valence-corrected chi connectivity index (χ4v) is 2.51. The Morgan fingerprint density at radius 2 is 2.05 bits per heavy atom. The van der Waals surface area contributed by atoms with Crippen LogP contribution in [0.1, 0.15) is 27.4 Å². The molecule has 0 bridgehead atoms. The fraction of sp³-hybridized carbons (Fsp3) is 0.176. The van der Waals surface area contributed by atoms with Crippen molar-refractivity contribution in [2.75, 3.05) is 7.11 Å². The SMILES string of the molecule is COc1cc(C(C#N)C(=O)c2cccc(Br)c2)ccc1C. The van der Waals surface area contributed by atoms with Gasteiger partial charge >= 0.3 is 0 Å². The number of hydrogen-bond donors (Lipinski definition) is 0. The number of nitriles is 1. The zero-order valence-corrected chi connectivity index (χ0v) is 13.3. The zero-order valence-electron chi connectivity index (χ0n) is 11.8. The highest BCUT2D eigenvalue weighted by atomic mass is 79.9. The molecule has 0 aliphatic heterocycles. The first-order valence-electron chi connectivity index (χ1n) is 6.40. The van der Waals surface area contributed by atoms with Gasteiger partial charge in [0.25, 0.3) is 0 Å². The maximum atomic E-state index is 12.5. The molecule has 0 heterocycles. The van der Waals surface area contributed by atoms with Gasteiger partial charge in [0, 0.05) is 10.0 Å². The number of benzene rings is 2. The molecule has 2 aromatic rings. The van der Waals surface area contributed by atoms with Crippen LogP contribution in [-0.4, -0.2) is 12.9 Å². The molecule has 0 fully saturated rings. The predicted octanol–water partition coefficient (Wildman–Crippen LogP) is 4.26. The van der Waals surface area contributed by atoms with E-state index in [0.717, 1.165) is 10.0 Å². The molecular weight excluding hydrogens is 330 g/mol. The second kappa shape index (κ2) is 6.55. The van der Waals surface area contributed by atoms with Crippen molar-refractivity contribution in [2.45, 2.75) is 12.8 Å². The third kappa shape index (κ3) is 3.32. The van der Waals surface area contributed by atoms with E-state index >= 15 is 0 Å². The van der Waals surface area contributed by atoms with Crippen LogP contribution in [0.4, 0.5) is 0 Å². The van der Waals surface area contributed by atoms with Crippen LogP contribution in [0.5, 0.6) is 5.75 Å². The van der Waals surface area contributed by atoms with Gasteiger partial charge in [-0.3, -0.25) is 4.79 Å². The van der Waals surface area contributed by atoms with Gasteiger partial charge < -0.3 is 4.74 Å². The summed E-state index contributed by atoms with van der Waals surface area (Å²) in [7, 11) is 1.57. The molecule has 2 rings (SSSR count).